The van der Waals surface area contributed by atoms with Crippen LogP contribution in [0.5, 0.6) is 0 Å². The van der Waals surface area contributed by atoms with Crippen molar-refractivity contribution >= 4 is 16.2 Å². The molecule has 3 nitrogen and oxygen atoms in total. The molecule has 0 spiro atoms. The van der Waals surface area contributed by atoms with Crippen molar-refractivity contribution in [2.24, 2.45) is 4.40 Å². The molecule has 0 bridgehead atoms. The van der Waals surface area contributed by atoms with Gasteiger partial charge in [-0.2, -0.15) is 12.8 Å². The first kappa shape index (κ1) is 20.4. The quantitative estimate of drug-likeness (QED) is 0.597. The maximum absolute atomic E-state index is 13.1. The first-order valence-corrected chi connectivity index (χ1v) is 10.6. The fourth-order valence-corrected chi connectivity index (χ4v) is 4.46. The fraction of sp³-hybridized carbons (Fsp3) is 0.409. The van der Waals surface area contributed by atoms with Crippen LogP contribution in [0.2, 0.25) is 0 Å². The van der Waals surface area contributed by atoms with Crippen molar-refractivity contribution in [1.29, 1.82) is 0 Å². The smallest absolute Gasteiger partial charge is 0.199 e. The van der Waals surface area contributed by atoms with E-state index in [4.69, 9.17) is 0 Å². The number of benzene rings is 2. The number of sulfonamides is 1. The maximum atomic E-state index is 13.1. The first-order chi connectivity index (χ1) is 12.1. The van der Waals surface area contributed by atoms with Gasteiger partial charge < -0.3 is 0 Å². The third kappa shape index (κ3) is 4.61. The molecule has 0 unspecified atom stereocenters. The molecule has 2 rings (SSSR count). The SMILES string of the molecule is CC(C)c1cc(C(C)C)c(S(=O)(=O)N=Cc2ccccc2)c(C(C)C)c1. The maximum Gasteiger partial charge on any atom is 0.282 e. The van der Waals surface area contributed by atoms with Gasteiger partial charge in [0.2, 0.25) is 0 Å². The molecular weight excluding hydrogens is 342 g/mol. The van der Waals surface area contributed by atoms with Crippen molar-refractivity contribution in [2.75, 3.05) is 0 Å². The third-order valence-electron chi connectivity index (χ3n) is 4.48. The van der Waals surface area contributed by atoms with Crippen LogP contribution in [0, 0.1) is 0 Å². The normalized spacial score (nSPS) is 12.7. The molecular formula is C22H29NO2S. The monoisotopic (exact) mass is 371 g/mol. The fourth-order valence-electron chi connectivity index (χ4n) is 2.91. The zero-order valence-corrected chi connectivity index (χ0v) is 17.3. The van der Waals surface area contributed by atoms with Gasteiger partial charge in [0.05, 0.1) is 4.90 Å². The number of hydrogen-bond acceptors (Lipinski definition) is 2. The second-order valence-corrected chi connectivity index (χ2v) is 9.18. The largest absolute Gasteiger partial charge is 0.282 e. The Morgan fingerprint density at radius 2 is 1.31 bits per heavy atom. The molecule has 0 atom stereocenters. The molecule has 0 aliphatic heterocycles. The molecule has 2 aromatic rings. The third-order valence-corrected chi connectivity index (χ3v) is 5.85. The highest BCUT2D eigenvalue weighted by atomic mass is 32.2. The van der Waals surface area contributed by atoms with Crippen LogP contribution in [0.4, 0.5) is 0 Å². The first-order valence-electron chi connectivity index (χ1n) is 9.16. The van der Waals surface area contributed by atoms with Gasteiger partial charge in [0.15, 0.2) is 0 Å². The van der Waals surface area contributed by atoms with E-state index in [-0.39, 0.29) is 11.8 Å². The molecule has 4 heteroatoms. The minimum absolute atomic E-state index is 0.0999. The summed E-state index contributed by atoms with van der Waals surface area (Å²) in [5.74, 6) is 0.542. The average molecular weight is 372 g/mol. The summed E-state index contributed by atoms with van der Waals surface area (Å²) in [7, 11) is -3.78. The second kappa shape index (κ2) is 8.17. The van der Waals surface area contributed by atoms with Crippen LogP contribution in [0.15, 0.2) is 51.8 Å². The van der Waals surface area contributed by atoms with E-state index in [9.17, 15) is 8.42 Å². The minimum Gasteiger partial charge on any atom is -0.199 e. The summed E-state index contributed by atoms with van der Waals surface area (Å²) in [6, 6.07) is 13.4. The lowest BCUT2D eigenvalue weighted by molar-refractivity contribution is 0.592. The van der Waals surface area contributed by atoms with Gasteiger partial charge in [-0.25, -0.2) is 0 Å². The van der Waals surface area contributed by atoms with Gasteiger partial charge in [0.1, 0.15) is 0 Å². The topological polar surface area (TPSA) is 46.5 Å². The van der Waals surface area contributed by atoms with E-state index in [2.05, 4.69) is 18.2 Å². The van der Waals surface area contributed by atoms with E-state index < -0.39 is 10.0 Å². The summed E-state index contributed by atoms with van der Waals surface area (Å²) in [5, 5.41) is 0. The van der Waals surface area contributed by atoms with Crippen molar-refractivity contribution in [2.45, 2.75) is 64.2 Å². The number of rotatable bonds is 6. The molecule has 0 heterocycles. The lowest BCUT2D eigenvalue weighted by Gasteiger charge is -2.21. The Balaban J connectivity index is 2.67. The summed E-state index contributed by atoms with van der Waals surface area (Å²) in [5.41, 5.74) is 3.64. The van der Waals surface area contributed by atoms with Crippen LogP contribution in [0.3, 0.4) is 0 Å². The van der Waals surface area contributed by atoms with E-state index in [1.807, 2.05) is 70.2 Å². The Bertz CT molecular complexity index is 851. The standard InChI is InChI=1S/C22H29NO2S/c1-15(2)19-12-20(16(3)4)22(21(13-19)17(5)6)26(24,25)23-14-18-10-8-7-9-11-18/h7-17H,1-6H3. The predicted octanol–water partition coefficient (Wildman–Crippen LogP) is 5.86. The summed E-state index contributed by atoms with van der Waals surface area (Å²) in [6.45, 7) is 12.4. The molecule has 0 saturated carbocycles. The van der Waals surface area contributed by atoms with Crippen LogP contribution < -0.4 is 0 Å². The summed E-state index contributed by atoms with van der Waals surface area (Å²) >= 11 is 0. The van der Waals surface area contributed by atoms with Crippen molar-refractivity contribution in [3.05, 3.63) is 64.7 Å². The molecule has 0 amide bonds. The van der Waals surface area contributed by atoms with Gasteiger partial charge in [-0.3, -0.25) is 0 Å². The van der Waals surface area contributed by atoms with E-state index in [0.29, 0.717) is 10.8 Å². The van der Waals surface area contributed by atoms with Gasteiger partial charge >= 0.3 is 0 Å². The van der Waals surface area contributed by atoms with Gasteiger partial charge in [-0.1, -0.05) is 84.0 Å². The molecule has 0 radical (unpaired) electrons. The van der Waals surface area contributed by atoms with Gasteiger partial charge in [0.25, 0.3) is 10.0 Å². The van der Waals surface area contributed by atoms with E-state index in [0.717, 1.165) is 16.7 Å². The molecule has 0 fully saturated rings. The number of hydrogen-bond donors (Lipinski definition) is 0. The highest BCUT2D eigenvalue weighted by molar-refractivity contribution is 7.90. The zero-order valence-electron chi connectivity index (χ0n) is 16.5. The summed E-state index contributed by atoms with van der Waals surface area (Å²) in [6.07, 6.45) is 1.43. The van der Waals surface area contributed by atoms with E-state index in [1.165, 1.54) is 11.8 Å². The highest BCUT2D eigenvalue weighted by Gasteiger charge is 2.26. The van der Waals surface area contributed by atoms with Crippen molar-refractivity contribution in [1.82, 2.24) is 0 Å². The Labute approximate surface area is 158 Å². The molecule has 0 aliphatic rings. The van der Waals surface area contributed by atoms with Crippen LogP contribution in [-0.4, -0.2) is 14.6 Å². The average Bonchev–Trinajstić information content (AvgIpc) is 2.59. The van der Waals surface area contributed by atoms with Gasteiger partial charge in [-0.15, -0.1) is 0 Å². The van der Waals surface area contributed by atoms with Crippen LogP contribution >= 0.6 is 0 Å². The van der Waals surface area contributed by atoms with Crippen LogP contribution in [0.25, 0.3) is 0 Å². The molecule has 26 heavy (non-hydrogen) atoms. The Kier molecular flexibility index (Phi) is 6.40. The van der Waals surface area contributed by atoms with Crippen LogP contribution in [-0.2, 0) is 10.0 Å². The van der Waals surface area contributed by atoms with Gasteiger partial charge in [0, 0.05) is 6.21 Å². The zero-order chi connectivity index (χ0) is 19.5. The molecule has 140 valence electrons. The molecule has 0 saturated heterocycles. The Hall–Kier alpha value is -1.94. The minimum atomic E-state index is -3.78. The summed E-state index contributed by atoms with van der Waals surface area (Å²) < 4.78 is 30.3. The predicted molar refractivity (Wildman–Crippen MR) is 110 cm³/mol. The lowest BCUT2D eigenvalue weighted by Crippen LogP contribution is -2.11. The second-order valence-electron chi connectivity index (χ2n) is 7.61. The molecule has 2 aromatic carbocycles. The van der Waals surface area contributed by atoms with E-state index in [1.54, 1.807) is 0 Å². The number of nitrogens with zero attached hydrogens (tertiary/aromatic N) is 1. The lowest BCUT2D eigenvalue weighted by atomic mass is 9.89. The molecule has 0 N–H and O–H groups in total. The summed E-state index contributed by atoms with van der Waals surface area (Å²) in [4.78, 5) is 0.374. The molecule has 0 aliphatic carbocycles. The molecule has 0 aromatic heterocycles. The highest BCUT2D eigenvalue weighted by Crippen LogP contribution is 2.35. The van der Waals surface area contributed by atoms with Crippen LogP contribution in [0.1, 0.15) is 81.5 Å². The van der Waals surface area contributed by atoms with Crippen molar-refractivity contribution < 1.29 is 8.42 Å². The van der Waals surface area contributed by atoms with Crippen molar-refractivity contribution in [3.8, 4) is 0 Å². The Morgan fingerprint density at radius 3 is 1.73 bits per heavy atom. The van der Waals surface area contributed by atoms with E-state index >= 15 is 0 Å². The Morgan fingerprint density at radius 1 is 0.808 bits per heavy atom. The van der Waals surface area contributed by atoms with Crippen molar-refractivity contribution in [3.63, 3.8) is 0 Å². The van der Waals surface area contributed by atoms with Gasteiger partial charge in [-0.05, 0) is 40.0 Å².